The van der Waals surface area contributed by atoms with E-state index in [0.29, 0.717) is 11.8 Å². The number of fused-ring (bicyclic) bond motifs is 6. The van der Waals surface area contributed by atoms with E-state index in [1.807, 2.05) is 27.7 Å². The summed E-state index contributed by atoms with van der Waals surface area (Å²) in [7, 11) is 0. The predicted molar refractivity (Wildman–Crippen MR) is 222 cm³/mol. The molecule has 0 amide bonds. The van der Waals surface area contributed by atoms with Gasteiger partial charge in [0, 0.05) is 0 Å². The molecule has 296 valence electrons. The van der Waals surface area contributed by atoms with Crippen LogP contribution in [-0.2, 0) is 34.9 Å². The number of hydrogen-bond acceptors (Lipinski definition) is 4. The van der Waals surface area contributed by atoms with Gasteiger partial charge in [0.25, 0.3) is 0 Å². The van der Waals surface area contributed by atoms with Gasteiger partial charge in [-0.1, -0.05) is 148 Å². The first-order valence-electron chi connectivity index (χ1n) is 18.5. The Balaban J connectivity index is 0.000000233. The van der Waals surface area contributed by atoms with Crippen LogP contribution in [0, 0.1) is 22.7 Å². The first-order chi connectivity index (χ1) is 23.6. The van der Waals surface area contributed by atoms with Crippen molar-refractivity contribution in [2.24, 2.45) is 22.7 Å². The maximum atomic E-state index is 10.5. The van der Waals surface area contributed by atoms with Crippen LogP contribution < -0.4 is 0 Å². The van der Waals surface area contributed by atoms with E-state index in [1.165, 1.54) is 22.3 Å². The largest absolute Gasteiger partial charge is 0.393 e. The molecule has 0 aliphatic heterocycles. The van der Waals surface area contributed by atoms with Gasteiger partial charge in [-0.3, -0.25) is 0 Å². The second-order valence-corrected chi connectivity index (χ2v) is 22.1. The van der Waals surface area contributed by atoms with Crippen molar-refractivity contribution in [1.29, 1.82) is 0 Å². The van der Waals surface area contributed by atoms with Crippen LogP contribution in [0.5, 0.6) is 0 Å². The summed E-state index contributed by atoms with van der Waals surface area (Å²) in [4.78, 5) is 0. The number of aliphatic hydroxyl groups is 4. The third-order valence-electron chi connectivity index (χ3n) is 13.2. The average molecular weight is 844 g/mol. The van der Waals surface area contributed by atoms with Crippen LogP contribution in [0.2, 0.25) is 0 Å². The molecular weight excluding hydrogens is 781 g/mol. The highest BCUT2D eigenvalue weighted by molar-refractivity contribution is 6.63. The Morgan fingerprint density at radius 3 is 1.12 bits per heavy atom. The summed E-state index contributed by atoms with van der Waals surface area (Å²) in [6.07, 6.45) is 7.84. The zero-order valence-electron chi connectivity index (χ0n) is 32.6. The second-order valence-electron chi connectivity index (χ2n) is 18.1. The topological polar surface area (TPSA) is 80.9 Å². The molecule has 0 saturated heterocycles. The highest BCUT2D eigenvalue weighted by Gasteiger charge is 2.54. The minimum atomic E-state index is -0.783. The number of aliphatic hydroxyl groups excluding tert-OH is 2. The number of rotatable bonds is 2. The molecule has 2 saturated carbocycles. The van der Waals surface area contributed by atoms with Gasteiger partial charge in [0.2, 0.25) is 0 Å². The van der Waals surface area contributed by atoms with Crippen LogP contribution in [-0.4, -0.2) is 41.2 Å². The van der Waals surface area contributed by atoms with Crippen molar-refractivity contribution in [3.05, 3.63) is 69.8 Å². The first kappa shape index (κ1) is 46.4. The summed E-state index contributed by atoms with van der Waals surface area (Å²) in [5.74, 6) is 1.04. The third-order valence-corrected chi connectivity index (χ3v) is 13.2. The highest BCUT2D eigenvalue weighted by atomic mass is 35.6. The number of halogens is 6. The quantitative estimate of drug-likeness (QED) is 0.227. The van der Waals surface area contributed by atoms with Crippen molar-refractivity contribution in [2.75, 3.05) is 0 Å². The molecule has 2 fully saturated rings. The lowest BCUT2D eigenvalue weighted by molar-refractivity contribution is -0.0731. The van der Waals surface area contributed by atoms with E-state index in [9.17, 15) is 20.4 Å². The van der Waals surface area contributed by atoms with Crippen LogP contribution in [0.1, 0.15) is 141 Å². The van der Waals surface area contributed by atoms with Gasteiger partial charge in [-0.05, 0) is 146 Å². The van der Waals surface area contributed by atoms with Gasteiger partial charge in [-0.2, -0.15) is 0 Å². The van der Waals surface area contributed by atoms with E-state index in [0.717, 1.165) is 62.5 Å². The summed E-state index contributed by atoms with van der Waals surface area (Å²) >= 11 is 28.8. The van der Waals surface area contributed by atoms with Gasteiger partial charge >= 0.3 is 0 Å². The van der Waals surface area contributed by atoms with Crippen molar-refractivity contribution in [1.82, 2.24) is 0 Å². The molecule has 0 unspecified atom stereocenters. The zero-order chi connectivity index (χ0) is 39.8. The van der Waals surface area contributed by atoms with Crippen LogP contribution in [0.3, 0.4) is 0 Å². The van der Waals surface area contributed by atoms with Gasteiger partial charge in [-0.25, -0.2) is 0 Å². The van der Waals surface area contributed by atoms with E-state index in [4.69, 9.17) is 69.6 Å². The summed E-state index contributed by atoms with van der Waals surface area (Å²) < 4.78 is -1.50. The molecule has 6 rings (SSSR count). The number of aryl methyl sites for hydroxylation is 2. The van der Waals surface area contributed by atoms with Crippen molar-refractivity contribution in [2.45, 2.75) is 163 Å². The maximum Gasteiger partial charge on any atom is 0.180 e. The van der Waals surface area contributed by atoms with E-state index in [-0.39, 0.29) is 33.9 Å². The van der Waals surface area contributed by atoms with E-state index < -0.39 is 19.8 Å². The Bertz CT molecular complexity index is 1380. The van der Waals surface area contributed by atoms with Gasteiger partial charge in [0.1, 0.15) is 0 Å². The fraction of sp³-hybridized carbons (Fsp3) is 0.714. The Hall–Kier alpha value is 0.0200. The molecule has 10 heteroatoms. The number of benzene rings is 2. The Labute approximate surface area is 343 Å². The summed E-state index contributed by atoms with van der Waals surface area (Å²) in [6, 6.07) is 13.1. The van der Waals surface area contributed by atoms with Crippen LogP contribution >= 0.6 is 69.6 Å². The molecular formula is C42H62Cl6O4. The normalized spacial score (nSPS) is 30.1. The zero-order valence-corrected chi connectivity index (χ0v) is 37.2. The second kappa shape index (κ2) is 17.3. The van der Waals surface area contributed by atoms with Crippen molar-refractivity contribution in [3.8, 4) is 0 Å². The molecule has 0 aromatic heterocycles. The average Bonchev–Trinajstić information content (AvgIpc) is 3.00. The van der Waals surface area contributed by atoms with E-state index in [2.05, 4.69) is 77.9 Å². The van der Waals surface area contributed by atoms with Crippen LogP contribution in [0.25, 0.3) is 0 Å². The first-order valence-corrected chi connectivity index (χ1v) is 21.1. The van der Waals surface area contributed by atoms with Gasteiger partial charge in [0.15, 0.2) is 8.59 Å². The minimum Gasteiger partial charge on any atom is -0.393 e. The van der Waals surface area contributed by atoms with E-state index >= 15 is 0 Å². The molecule has 0 spiro atoms. The Morgan fingerprint density at radius 2 is 0.846 bits per heavy atom. The molecule has 6 atom stereocenters. The molecule has 0 radical (unpaired) electrons. The lowest BCUT2D eigenvalue weighted by Gasteiger charge is -2.56. The fourth-order valence-corrected chi connectivity index (χ4v) is 10.2. The number of alkyl halides is 6. The molecule has 4 N–H and O–H groups in total. The van der Waals surface area contributed by atoms with Gasteiger partial charge < -0.3 is 20.4 Å². The lowest BCUT2D eigenvalue weighted by atomic mass is 9.49. The van der Waals surface area contributed by atoms with Gasteiger partial charge in [-0.15, -0.1) is 0 Å². The van der Waals surface area contributed by atoms with Crippen molar-refractivity contribution in [3.63, 3.8) is 0 Å². The lowest BCUT2D eigenvalue weighted by Crippen LogP contribution is -2.53. The number of hydrogen-bond donors (Lipinski definition) is 4. The van der Waals surface area contributed by atoms with Crippen LogP contribution in [0.15, 0.2) is 36.4 Å². The van der Waals surface area contributed by atoms with Crippen molar-refractivity contribution >= 4 is 69.6 Å². The smallest absolute Gasteiger partial charge is 0.180 e. The summed E-state index contributed by atoms with van der Waals surface area (Å²) in [6.45, 7) is 21.1. The highest BCUT2D eigenvalue weighted by Crippen LogP contribution is 2.58. The van der Waals surface area contributed by atoms with E-state index in [1.54, 1.807) is 0 Å². The fourth-order valence-electron chi connectivity index (χ4n) is 10.2. The molecule has 4 nitrogen and oxygen atoms in total. The Morgan fingerprint density at radius 1 is 0.558 bits per heavy atom. The van der Waals surface area contributed by atoms with Gasteiger partial charge in [0.05, 0.1) is 23.4 Å². The SMILES string of the molecule is CC(C)(O)c1ccc2c(c1)CC[C@@H]1C(C)(C)[C@H](O)CC[C@@]21C.CC(C)(O)c1ccc2c(c1)CC[C@@H]1C(C)(C)[C@H](O)CC[C@@]21C.ClC(Cl)Cl.ClC(Cl)Cl. The molecule has 0 heterocycles. The third kappa shape index (κ3) is 10.3. The van der Waals surface area contributed by atoms with Crippen LogP contribution in [0.4, 0.5) is 0 Å². The molecule has 0 bridgehead atoms. The summed E-state index contributed by atoms with van der Waals surface area (Å²) in [5.41, 5.74) is 6.35. The molecule has 4 aliphatic rings. The maximum absolute atomic E-state index is 10.5. The standard InChI is InChI=1S/2C20H30O2.2CHCl3/c2*1-18(2)16-9-6-13-12-14(19(3,4)22)7-8-15(13)20(16,5)11-10-17(18)21;2*2-1(3)4/h2*7-8,12,16-17,21-22H,6,9-11H2,1-5H3;2*1H/t2*16-,17-,20+;;/m11../s1. The predicted octanol–water partition coefficient (Wildman–Crippen LogP) is 11.8. The monoisotopic (exact) mass is 840 g/mol. The molecule has 52 heavy (non-hydrogen) atoms. The Kier molecular flexibility index (Phi) is 15.4. The molecule has 4 aliphatic carbocycles. The molecule has 2 aromatic rings. The minimum absolute atomic E-state index is 0.0282. The molecule has 2 aromatic carbocycles. The van der Waals surface area contributed by atoms with Crippen molar-refractivity contribution < 1.29 is 20.4 Å². The summed E-state index contributed by atoms with van der Waals surface area (Å²) in [5, 5.41) is 41.5.